The van der Waals surface area contributed by atoms with Crippen molar-refractivity contribution in [3.05, 3.63) is 56.8 Å². The molecular weight excluding hydrogens is 690 g/mol. The van der Waals surface area contributed by atoms with Crippen LogP contribution in [0.15, 0.2) is 34.1 Å². The smallest absolute Gasteiger partial charge is 0.332 e. The molecule has 1 aliphatic rings. The Hall–Kier alpha value is -5.79. The van der Waals surface area contributed by atoms with Gasteiger partial charge in [0.2, 0.25) is 5.95 Å². The Morgan fingerprint density at radius 1 is 1.06 bits per heavy atom. The molecule has 1 aromatic carbocycles. The van der Waals surface area contributed by atoms with E-state index in [0.717, 1.165) is 11.1 Å². The number of nitrogens with two attached hydrogens (primary N) is 1. The minimum Gasteiger partial charge on any atom is -0.493 e. The quantitative estimate of drug-likeness (QED) is 0.103. The first-order chi connectivity index (χ1) is 25.4. The number of fused-ring (bicyclic) bond motifs is 2. The molecule has 53 heavy (non-hydrogen) atoms. The highest BCUT2D eigenvalue weighted by Crippen LogP contribution is 2.33. The molecule has 1 unspecified atom stereocenters. The fraction of sp³-hybridized carbons (Fsp3) is 0.441. The van der Waals surface area contributed by atoms with Gasteiger partial charge in [0, 0.05) is 26.7 Å². The third-order valence-corrected chi connectivity index (χ3v) is 9.09. The number of methoxy groups -OCH3 is 1. The van der Waals surface area contributed by atoms with E-state index in [2.05, 4.69) is 30.6 Å². The van der Waals surface area contributed by atoms with Crippen LogP contribution in [0.3, 0.4) is 0 Å². The minimum absolute atomic E-state index is 0.0718. The largest absolute Gasteiger partial charge is 0.493 e. The number of nitrogen functional groups attached to an aromatic ring is 1. The number of nitrogens with zero attached hydrogens (tertiary/aromatic N) is 8. The number of ether oxygens (including phenoxy) is 3. The van der Waals surface area contributed by atoms with E-state index in [1.54, 1.807) is 31.5 Å². The van der Waals surface area contributed by atoms with Gasteiger partial charge in [0.05, 0.1) is 20.0 Å². The van der Waals surface area contributed by atoms with Gasteiger partial charge in [0.15, 0.2) is 46.5 Å². The normalized spacial score (nSPS) is 18.9. The summed E-state index contributed by atoms with van der Waals surface area (Å²) in [4.78, 5) is 56.0. The third-order valence-electron chi connectivity index (χ3n) is 9.09. The molecule has 4 atom stereocenters. The molecule has 5 heterocycles. The van der Waals surface area contributed by atoms with E-state index in [1.807, 2.05) is 32.1 Å². The number of allylic oxidation sites excluding steroid dienone is 1. The zero-order valence-corrected chi connectivity index (χ0v) is 30.2. The summed E-state index contributed by atoms with van der Waals surface area (Å²) in [5, 5.41) is 26.8. The van der Waals surface area contributed by atoms with E-state index in [-0.39, 0.29) is 53.9 Å². The lowest BCUT2D eigenvalue weighted by molar-refractivity contribution is -0.137. The second-order valence-corrected chi connectivity index (χ2v) is 12.3. The number of aliphatic hydroxyl groups excluding tert-OH is 2. The number of imidazole rings is 2. The number of hydrogen-bond acceptors (Lipinski definition) is 14. The van der Waals surface area contributed by atoms with Crippen molar-refractivity contribution in [1.82, 2.24) is 43.5 Å². The number of carbonyl (C=O) groups excluding carboxylic acids is 1. The second kappa shape index (κ2) is 15.1. The average molecular weight is 734 g/mol. The molecule has 1 amide bonds. The molecule has 0 aliphatic carbocycles. The number of rotatable bonds is 13. The van der Waals surface area contributed by atoms with Gasteiger partial charge in [0.1, 0.15) is 30.2 Å². The summed E-state index contributed by atoms with van der Waals surface area (Å²) in [5.74, 6) is 1.18. The van der Waals surface area contributed by atoms with Crippen molar-refractivity contribution in [2.45, 2.75) is 65.3 Å². The lowest BCUT2D eigenvalue weighted by Gasteiger charge is -2.17. The molecular formula is C34H43N11O8. The van der Waals surface area contributed by atoms with Gasteiger partial charge in [-0.15, -0.1) is 0 Å². The molecule has 19 nitrogen and oxygen atoms in total. The van der Waals surface area contributed by atoms with Crippen molar-refractivity contribution in [3.63, 3.8) is 0 Å². The number of amides is 1. The van der Waals surface area contributed by atoms with Crippen LogP contribution in [0, 0.1) is 0 Å². The average Bonchev–Trinajstić information content (AvgIpc) is 3.80. The Kier molecular flexibility index (Phi) is 10.5. The van der Waals surface area contributed by atoms with E-state index < -0.39 is 30.4 Å². The van der Waals surface area contributed by atoms with Crippen molar-refractivity contribution in [1.29, 1.82) is 0 Å². The number of anilines is 2. The van der Waals surface area contributed by atoms with Gasteiger partial charge in [-0.1, -0.05) is 6.07 Å². The number of likely N-dealkylation sites (N-methyl/N-ethyl adjacent to an activating group) is 1. The van der Waals surface area contributed by atoms with Crippen molar-refractivity contribution >= 4 is 51.7 Å². The minimum atomic E-state index is -1.46. The lowest BCUT2D eigenvalue weighted by Crippen LogP contribution is -2.42. The number of benzene rings is 1. The van der Waals surface area contributed by atoms with Gasteiger partial charge in [-0.05, 0) is 57.0 Å². The Balaban J connectivity index is 1.15. The third kappa shape index (κ3) is 6.69. The van der Waals surface area contributed by atoms with Crippen LogP contribution in [0.4, 0.5) is 11.8 Å². The van der Waals surface area contributed by atoms with Crippen LogP contribution in [-0.2, 0) is 29.7 Å². The van der Waals surface area contributed by atoms with Crippen molar-refractivity contribution < 1.29 is 29.2 Å². The molecule has 6 rings (SSSR count). The molecule has 5 aromatic rings. The molecule has 1 saturated heterocycles. The molecule has 0 spiro atoms. The monoisotopic (exact) mass is 733 g/mol. The number of aromatic nitrogens is 8. The Labute approximate surface area is 302 Å². The fourth-order valence-electron chi connectivity index (χ4n) is 6.29. The Morgan fingerprint density at radius 3 is 2.51 bits per heavy atom. The standard InChI is InChI=1S/C34H43N11O8/c1-7-36-30(48)26-24(46)25(47)32(53-26)45-16-38-22-27(35)40-33(41-28(22)45)37-12-13-52-19-11-10-18(15-20(19)51-6)17(4)14-21-39-29-23(42(21)5)31(49)44(9-3)34(50)43(29)8-2/h10-11,14-16,24-26,32,46-47H,7-9,12-13H2,1-6H3,(H,36,48)(H3,35,37,40,41)/b17-14+/t24-,25+,26?,32+/m0/s1. The molecule has 0 bridgehead atoms. The van der Waals surface area contributed by atoms with Crippen molar-refractivity contribution in [3.8, 4) is 11.5 Å². The first-order valence-electron chi connectivity index (χ1n) is 17.2. The Morgan fingerprint density at radius 2 is 1.81 bits per heavy atom. The Bertz CT molecular complexity index is 2330. The molecule has 6 N–H and O–H groups in total. The van der Waals surface area contributed by atoms with Crippen LogP contribution < -0.4 is 37.1 Å². The maximum Gasteiger partial charge on any atom is 0.332 e. The molecule has 0 radical (unpaired) electrons. The van der Waals surface area contributed by atoms with E-state index in [4.69, 9.17) is 19.9 Å². The van der Waals surface area contributed by atoms with Gasteiger partial charge in [-0.3, -0.25) is 23.3 Å². The highest BCUT2D eigenvalue weighted by atomic mass is 16.6. The summed E-state index contributed by atoms with van der Waals surface area (Å²) in [6.45, 7) is 8.65. The summed E-state index contributed by atoms with van der Waals surface area (Å²) in [6, 6.07) is 5.48. The lowest BCUT2D eigenvalue weighted by atomic mass is 10.1. The number of hydrogen-bond donors (Lipinski definition) is 5. The van der Waals surface area contributed by atoms with Crippen LogP contribution in [0.5, 0.6) is 11.5 Å². The molecule has 282 valence electrons. The van der Waals surface area contributed by atoms with Gasteiger partial charge >= 0.3 is 5.69 Å². The molecule has 1 aliphatic heterocycles. The van der Waals surface area contributed by atoms with Crippen LogP contribution in [0.1, 0.15) is 45.3 Å². The zero-order valence-electron chi connectivity index (χ0n) is 30.2. The van der Waals surface area contributed by atoms with Crippen molar-refractivity contribution in [2.75, 3.05) is 37.9 Å². The summed E-state index contributed by atoms with van der Waals surface area (Å²) in [6.07, 6.45) is -2.13. The van der Waals surface area contributed by atoms with E-state index >= 15 is 0 Å². The first kappa shape index (κ1) is 37.0. The van der Waals surface area contributed by atoms with E-state index in [9.17, 15) is 24.6 Å². The maximum absolute atomic E-state index is 13.1. The number of aliphatic hydroxyl groups is 2. The van der Waals surface area contributed by atoms with Gasteiger partial charge in [0.25, 0.3) is 11.5 Å². The summed E-state index contributed by atoms with van der Waals surface area (Å²) < 4.78 is 23.2. The maximum atomic E-state index is 13.1. The number of nitrogens with one attached hydrogen (secondary N) is 2. The number of carbonyl (C=O) groups is 1. The first-order valence-corrected chi connectivity index (χ1v) is 17.2. The summed E-state index contributed by atoms with van der Waals surface area (Å²) >= 11 is 0. The summed E-state index contributed by atoms with van der Waals surface area (Å²) in [5.41, 5.74) is 8.24. The highest BCUT2D eigenvalue weighted by Gasteiger charge is 2.47. The van der Waals surface area contributed by atoms with Crippen LogP contribution in [0.25, 0.3) is 34.0 Å². The fourth-order valence-corrected chi connectivity index (χ4v) is 6.29. The topological polar surface area (TPSA) is 241 Å². The van der Waals surface area contributed by atoms with E-state index in [0.29, 0.717) is 41.6 Å². The summed E-state index contributed by atoms with van der Waals surface area (Å²) in [7, 11) is 3.29. The van der Waals surface area contributed by atoms with Gasteiger partial charge in [-0.2, -0.15) is 9.97 Å². The highest BCUT2D eigenvalue weighted by molar-refractivity contribution is 5.84. The number of aryl methyl sites for hydroxylation is 2. The molecule has 1 fully saturated rings. The SMILES string of the molecule is CCNC(=O)C1O[C@@H](n2cnc3c(N)nc(NCCOc4ccc(/C(C)=C/c5nc6c(c(=O)n(CC)c(=O)n6CC)n5C)cc4OC)nc32)[C@H](O)[C@@H]1O. The zero-order chi connectivity index (χ0) is 38.1. The molecule has 4 aromatic heterocycles. The van der Waals surface area contributed by atoms with Crippen LogP contribution in [0.2, 0.25) is 0 Å². The van der Waals surface area contributed by atoms with E-state index in [1.165, 1.54) is 27.1 Å². The van der Waals surface area contributed by atoms with Crippen LogP contribution in [-0.4, -0.2) is 99.4 Å². The van der Waals surface area contributed by atoms with Crippen molar-refractivity contribution in [2.24, 2.45) is 7.05 Å². The predicted molar refractivity (Wildman–Crippen MR) is 195 cm³/mol. The second-order valence-electron chi connectivity index (χ2n) is 12.3. The molecule has 0 saturated carbocycles. The van der Waals surface area contributed by atoms with Crippen LogP contribution >= 0.6 is 0 Å². The molecule has 19 heteroatoms. The predicted octanol–water partition coefficient (Wildman–Crippen LogP) is 0.474. The van der Waals surface area contributed by atoms with Gasteiger partial charge < -0.3 is 45.4 Å². The van der Waals surface area contributed by atoms with Gasteiger partial charge in [-0.25, -0.2) is 14.8 Å².